The molecule has 1 aromatic carbocycles. The molecule has 1 aromatic heterocycles. The minimum absolute atomic E-state index is 0.0928. The fourth-order valence-corrected chi connectivity index (χ4v) is 2.35. The van der Waals surface area contributed by atoms with E-state index in [1.54, 1.807) is 0 Å². The number of thiazole rings is 1. The molecule has 0 fully saturated rings. The maximum Gasteiger partial charge on any atom is 0.328 e. The molecule has 1 atom stereocenters. The highest BCUT2D eigenvalue weighted by Gasteiger charge is 2.18. The summed E-state index contributed by atoms with van der Waals surface area (Å²) in [5.74, 6) is -0.960. The third kappa shape index (κ3) is 3.52. The van der Waals surface area contributed by atoms with Crippen molar-refractivity contribution >= 4 is 22.4 Å². The Balaban J connectivity index is 2.11. The fraction of sp³-hybridized carbons (Fsp3) is 0.231. The third-order valence-electron chi connectivity index (χ3n) is 2.50. The van der Waals surface area contributed by atoms with Crippen molar-refractivity contribution in [1.82, 2.24) is 4.98 Å². The average Bonchev–Trinajstić information content (AvgIpc) is 2.88. The van der Waals surface area contributed by atoms with Crippen LogP contribution in [0.25, 0.3) is 11.3 Å². The van der Waals surface area contributed by atoms with Crippen LogP contribution in [0.15, 0.2) is 35.7 Å². The van der Waals surface area contributed by atoms with Crippen LogP contribution < -0.4 is 5.32 Å². The molecule has 100 valence electrons. The summed E-state index contributed by atoms with van der Waals surface area (Å²) >= 11 is 1.37. The Morgan fingerprint density at radius 2 is 2.21 bits per heavy atom. The van der Waals surface area contributed by atoms with Gasteiger partial charge in [0.05, 0.1) is 12.3 Å². The Morgan fingerprint density at radius 3 is 2.84 bits per heavy atom. The highest BCUT2D eigenvalue weighted by Crippen LogP contribution is 2.24. The number of benzene rings is 1. The second-order valence-electron chi connectivity index (χ2n) is 3.89. The van der Waals surface area contributed by atoms with Crippen molar-refractivity contribution in [2.75, 3.05) is 19.0 Å². The van der Waals surface area contributed by atoms with E-state index >= 15 is 0 Å². The molecule has 0 aliphatic carbocycles. The van der Waals surface area contributed by atoms with E-state index in [4.69, 9.17) is 9.84 Å². The van der Waals surface area contributed by atoms with Gasteiger partial charge in [0.25, 0.3) is 0 Å². The molecule has 2 aromatic rings. The summed E-state index contributed by atoms with van der Waals surface area (Å²) in [6.07, 6.45) is 0. The SMILES string of the molecule is COCC(Nc1nc(-c2ccccc2)cs1)C(=O)O. The lowest BCUT2D eigenvalue weighted by Crippen LogP contribution is -2.33. The van der Waals surface area contributed by atoms with E-state index in [9.17, 15) is 4.79 Å². The monoisotopic (exact) mass is 278 g/mol. The van der Waals surface area contributed by atoms with E-state index in [-0.39, 0.29) is 6.61 Å². The standard InChI is InChI=1S/C13H14N2O3S/c1-18-7-10(12(16)17)14-13-15-11(8-19-13)9-5-3-2-4-6-9/h2-6,8,10H,7H2,1H3,(H,14,15)(H,16,17). The van der Waals surface area contributed by atoms with Gasteiger partial charge in [0, 0.05) is 18.1 Å². The van der Waals surface area contributed by atoms with Crippen LogP contribution in [0.2, 0.25) is 0 Å². The molecule has 0 aliphatic rings. The minimum atomic E-state index is -0.960. The molecule has 0 saturated heterocycles. The molecule has 0 spiro atoms. The van der Waals surface area contributed by atoms with Crippen LogP contribution in [-0.4, -0.2) is 35.8 Å². The molecule has 2 rings (SSSR count). The Morgan fingerprint density at radius 1 is 1.47 bits per heavy atom. The first kappa shape index (κ1) is 13.5. The molecule has 0 radical (unpaired) electrons. The summed E-state index contributed by atoms with van der Waals surface area (Å²) in [6, 6.07) is 8.94. The van der Waals surface area contributed by atoms with Crippen LogP contribution in [0.5, 0.6) is 0 Å². The van der Waals surface area contributed by atoms with Crippen LogP contribution in [0, 0.1) is 0 Å². The van der Waals surface area contributed by atoms with E-state index in [0.29, 0.717) is 5.13 Å². The van der Waals surface area contributed by atoms with Gasteiger partial charge in [-0.25, -0.2) is 9.78 Å². The van der Waals surface area contributed by atoms with Crippen LogP contribution in [0.1, 0.15) is 0 Å². The van der Waals surface area contributed by atoms with Gasteiger partial charge < -0.3 is 15.2 Å². The number of rotatable bonds is 6. The molecular weight excluding hydrogens is 264 g/mol. The Hall–Kier alpha value is -1.92. The lowest BCUT2D eigenvalue weighted by molar-refractivity contribution is -0.139. The predicted molar refractivity (Wildman–Crippen MR) is 74.5 cm³/mol. The van der Waals surface area contributed by atoms with Crippen molar-refractivity contribution in [2.45, 2.75) is 6.04 Å². The van der Waals surface area contributed by atoms with Crippen molar-refractivity contribution in [1.29, 1.82) is 0 Å². The van der Waals surface area contributed by atoms with Gasteiger partial charge in [-0.1, -0.05) is 30.3 Å². The van der Waals surface area contributed by atoms with Crippen LogP contribution in [-0.2, 0) is 9.53 Å². The second kappa shape index (κ2) is 6.31. The molecule has 1 heterocycles. The zero-order valence-corrected chi connectivity index (χ0v) is 11.2. The van der Waals surface area contributed by atoms with Gasteiger partial charge in [-0.05, 0) is 0 Å². The van der Waals surface area contributed by atoms with Gasteiger partial charge in [-0.15, -0.1) is 11.3 Å². The number of hydrogen-bond acceptors (Lipinski definition) is 5. The van der Waals surface area contributed by atoms with Crippen molar-refractivity contribution in [3.63, 3.8) is 0 Å². The molecule has 0 saturated carbocycles. The van der Waals surface area contributed by atoms with E-state index in [1.807, 2.05) is 35.7 Å². The highest BCUT2D eigenvalue weighted by molar-refractivity contribution is 7.14. The number of carbonyl (C=O) groups is 1. The lowest BCUT2D eigenvalue weighted by Gasteiger charge is -2.11. The Kier molecular flexibility index (Phi) is 4.48. The van der Waals surface area contributed by atoms with Crippen LogP contribution in [0.4, 0.5) is 5.13 Å². The number of aliphatic carboxylic acids is 1. The second-order valence-corrected chi connectivity index (χ2v) is 4.75. The van der Waals surface area contributed by atoms with Gasteiger partial charge in [0.15, 0.2) is 5.13 Å². The molecule has 2 N–H and O–H groups in total. The van der Waals surface area contributed by atoms with Gasteiger partial charge in [-0.3, -0.25) is 0 Å². The van der Waals surface area contributed by atoms with Crippen molar-refractivity contribution in [2.24, 2.45) is 0 Å². The molecule has 6 heteroatoms. The number of carboxylic acid groups (broad SMARTS) is 1. The minimum Gasteiger partial charge on any atom is -0.480 e. The van der Waals surface area contributed by atoms with E-state index < -0.39 is 12.0 Å². The number of ether oxygens (including phenoxy) is 1. The van der Waals surface area contributed by atoms with Crippen molar-refractivity contribution in [3.05, 3.63) is 35.7 Å². The predicted octanol–water partition coefficient (Wildman–Crippen LogP) is 2.32. The first-order valence-electron chi connectivity index (χ1n) is 5.70. The smallest absolute Gasteiger partial charge is 0.328 e. The van der Waals surface area contributed by atoms with Crippen molar-refractivity contribution in [3.8, 4) is 11.3 Å². The number of aromatic nitrogens is 1. The quantitative estimate of drug-likeness (QED) is 0.848. The van der Waals surface area contributed by atoms with E-state index in [0.717, 1.165) is 11.3 Å². The highest BCUT2D eigenvalue weighted by atomic mass is 32.1. The van der Waals surface area contributed by atoms with E-state index in [1.165, 1.54) is 18.4 Å². The summed E-state index contributed by atoms with van der Waals surface area (Å²) in [6.45, 7) is 0.0928. The number of nitrogens with zero attached hydrogens (tertiary/aromatic N) is 1. The normalized spacial score (nSPS) is 12.1. The number of anilines is 1. The number of hydrogen-bond donors (Lipinski definition) is 2. The zero-order valence-electron chi connectivity index (χ0n) is 10.4. The molecule has 1 unspecified atom stereocenters. The first-order valence-corrected chi connectivity index (χ1v) is 6.58. The number of nitrogens with one attached hydrogen (secondary N) is 1. The summed E-state index contributed by atoms with van der Waals surface area (Å²) in [5, 5.41) is 14.3. The van der Waals surface area contributed by atoms with Gasteiger partial charge in [-0.2, -0.15) is 0 Å². The zero-order chi connectivity index (χ0) is 13.7. The molecule has 0 amide bonds. The van der Waals surface area contributed by atoms with Gasteiger partial charge >= 0.3 is 5.97 Å². The molecule has 19 heavy (non-hydrogen) atoms. The Bertz CT molecular complexity index is 542. The summed E-state index contributed by atoms with van der Waals surface area (Å²) < 4.78 is 4.86. The maximum atomic E-state index is 11.0. The number of carboxylic acids is 1. The van der Waals surface area contributed by atoms with Crippen LogP contribution >= 0.6 is 11.3 Å². The fourth-order valence-electron chi connectivity index (χ4n) is 1.57. The first-order chi connectivity index (χ1) is 9.20. The van der Waals surface area contributed by atoms with E-state index in [2.05, 4.69) is 10.3 Å². The molecular formula is C13H14N2O3S. The van der Waals surface area contributed by atoms with Crippen molar-refractivity contribution < 1.29 is 14.6 Å². The molecule has 0 bridgehead atoms. The average molecular weight is 278 g/mol. The largest absolute Gasteiger partial charge is 0.480 e. The molecule has 5 nitrogen and oxygen atoms in total. The lowest BCUT2D eigenvalue weighted by atomic mass is 10.2. The third-order valence-corrected chi connectivity index (χ3v) is 3.28. The maximum absolute atomic E-state index is 11.0. The summed E-state index contributed by atoms with van der Waals surface area (Å²) in [5.41, 5.74) is 1.83. The summed E-state index contributed by atoms with van der Waals surface area (Å²) in [7, 11) is 1.47. The summed E-state index contributed by atoms with van der Waals surface area (Å²) in [4.78, 5) is 15.4. The number of methoxy groups -OCH3 is 1. The molecule has 0 aliphatic heterocycles. The Labute approximate surface area is 114 Å². The topological polar surface area (TPSA) is 71.5 Å². The van der Waals surface area contributed by atoms with Crippen LogP contribution in [0.3, 0.4) is 0 Å². The van der Waals surface area contributed by atoms with Gasteiger partial charge in [0.1, 0.15) is 6.04 Å². The van der Waals surface area contributed by atoms with Gasteiger partial charge in [0.2, 0.25) is 0 Å².